The minimum atomic E-state index is -0.531. The second-order valence-corrected chi connectivity index (χ2v) is 10.4. The van der Waals surface area contributed by atoms with E-state index in [0.29, 0.717) is 39.8 Å². The maximum absolute atomic E-state index is 9.67. The third-order valence-electron chi connectivity index (χ3n) is 5.64. The predicted octanol–water partition coefficient (Wildman–Crippen LogP) is 6.71. The number of aliphatic hydroxyl groups is 1. The van der Waals surface area contributed by atoms with Crippen LogP contribution in [0.4, 0.5) is 16.4 Å². The molecule has 1 heterocycles. The molecule has 1 atom stereocenters. The standard InChI is InChI=1S/C28H31N5O2S/c1-19-13-23(11-12-25(19)31-32-27-24(14-29)21(3)26(15-30)36-27)33(16-22-9-7-6-8-10-22)18-28(4,5)35-17-20(2)34/h6-13,20,34H,16-18H2,1-5H3. The van der Waals surface area contributed by atoms with E-state index in [1.807, 2.05) is 51.1 Å². The van der Waals surface area contributed by atoms with Crippen LogP contribution in [0.3, 0.4) is 0 Å². The van der Waals surface area contributed by atoms with Crippen LogP contribution in [-0.4, -0.2) is 30.0 Å². The van der Waals surface area contributed by atoms with Crippen LogP contribution < -0.4 is 4.90 Å². The van der Waals surface area contributed by atoms with Gasteiger partial charge in [0.15, 0.2) is 5.00 Å². The summed E-state index contributed by atoms with van der Waals surface area (Å²) in [6.07, 6.45) is -0.531. The van der Waals surface area contributed by atoms with Crippen molar-refractivity contribution in [3.8, 4) is 12.1 Å². The molecule has 8 heteroatoms. The van der Waals surface area contributed by atoms with Crippen molar-refractivity contribution in [2.75, 3.05) is 18.1 Å². The first-order chi connectivity index (χ1) is 17.1. The van der Waals surface area contributed by atoms with Gasteiger partial charge in [0.05, 0.1) is 29.6 Å². The lowest BCUT2D eigenvalue weighted by molar-refractivity contribution is -0.0500. The molecule has 3 aromatic rings. The first-order valence-electron chi connectivity index (χ1n) is 11.7. The average Bonchev–Trinajstić information content (AvgIpc) is 3.16. The van der Waals surface area contributed by atoms with Crippen LogP contribution >= 0.6 is 11.3 Å². The van der Waals surface area contributed by atoms with E-state index in [-0.39, 0.29) is 6.61 Å². The van der Waals surface area contributed by atoms with Crippen LogP contribution in [0.25, 0.3) is 0 Å². The molecule has 36 heavy (non-hydrogen) atoms. The summed E-state index contributed by atoms with van der Waals surface area (Å²) < 4.78 is 5.99. The van der Waals surface area contributed by atoms with Gasteiger partial charge < -0.3 is 14.7 Å². The predicted molar refractivity (Wildman–Crippen MR) is 143 cm³/mol. The number of hydrogen-bond donors (Lipinski definition) is 1. The summed E-state index contributed by atoms with van der Waals surface area (Å²) in [5.41, 5.74) is 4.37. The molecule has 0 bridgehead atoms. The molecule has 1 aromatic heterocycles. The molecule has 186 valence electrons. The Labute approximate surface area is 216 Å². The van der Waals surface area contributed by atoms with Crippen molar-refractivity contribution in [3.63, 3.8) is 0 Å². The molecule has 7 nitrogen and oxygen atoms in total. The third kappa shape index (κ3) is 6.99. The molecule has 0 aliphatic carbocycles. The zero-order valence-electron chi connectivity index (χ0n) is 21.3. The molecule has 2 aromatic carbocycles. The lowest BCUT2D eigenvalue weighted by Gasteiger charge is -2.35. The van der Waals surface area contributed by atoms with Crippen LogP contribution in [0.2, 0.25) is 0 Å². The van der Waals surface area contributed by atoms with Crippen molar-refractivity contribution in [2.24, 2.45) is 10.2 Å². The largest absolute Gasteiger partial charge is 0.391 e. The van der Waals surface area contributed by atoms with Crippen molar-refractivity contribution in [1.82, 2.24) is 0 Å². The van der Waals surface area contributed by atoms with Gasteiger partial charge in [-0.15, -0.1) is 21.6 Å². The van der Waals surface area contributed by atoms with Gasteiger partial charge in [-0.3, -0.25) is 0 Å². The fourth-order valence-electron chi connectivity index (χ4n) is 3.75. The highest BCUT2D eigenvalue weighted by molar-refractivity contribution is 7.16. The number of anilines is 1. The fourth-order valence-corrected chi connectivity index (χ4v) is 4.63. The van der Waals surface area contributed by atoms with Crippen molar-refractivity contribution in [3.05, 3.63) is 75.7 Å². The molecule has 0 saturated carbocycles. The molecule has 3 rings (SSSR count). The van der Waals surface area contributed by atoms with E-state index >= 15 is 0 Å². The molecule has 0 fully saturated rings. The number of azo groups is 1. The van der Waals surface area contributed by atoms with Crippen molar-refractivity contribution in [1.29, 1.82) is 10.5 Å². The number of thiophene rings is 1. The van der Waals surface area contributed by atoms with Crippen LogP contribution in [0.1, 0.15) is 47.9 Å². The number of benzene rings is 2. The van der Waals surface area contributed by atoms with E-state index in [9.17, 15) is 15.6 Å². The second-order valence-electron chi connectivity index (χ2n) is 9.39. The van der Waals surface area contributed by atoms with E-state index in [2.05, 4.69) is 45.5 Å². The van der Waals surface area contributed by atoms with E-state index in [4.69, 9.17) is 4.74 Å². The first-order valence-corrected chi connectivity index (χ1v) is 12.5. The quantitative estimate of drug-likeness (QED) is 0.311. The van der Waals surface area contributed by atoms with E-state index in [1.54, 1.807) is 13.8 Å². The number of aryl methyl sites for hydroxylation is 1. The molecule has 0 saturated heterocycles. The summed E-state index contributed by atoms with van der Waals surface area (Å²) in [6, 6.07) is 20.4. The molecular weight excluding hydrogens is 470 g/mol. The monoisotopic (exact) mass is 501 g/mol. The number of nitrogens with zero attached hydrogens (tertiary/aromatic N) is 5. The summed E-state index contributed by atoms with van der Waals surface area (Å²) >= 11 is 1.17. The van der Waals surface area contributed by atoms with Gasteiger partial charge in [0, 0.05) is 18.8 Å². The Morgan fingerprint density at radius 3 is 2.42 bits per heavy atom. The number of aliphatic hydroxyl groups excluding tert-OH is 1. The molecule has 1 N–H and O–H groups in total. The Bertz CT molecular complexity index is 1300. The molecule has 0 spiro atoms. The van der Waals surface area contributed by atoms with E-state index in [0.717, 1.165) is 11.3 Å². The van der Waals surface area contributed by atoms with Crippen molar-refractivity contribution in [2.45, 2.75) is 52.9 Å². The highest BCUT2D eigenvalue weighted by Gasteiger charge is 2.24. The Kier molecular flexibility index (Phi) is 8.95. The molecule has 1 unspecified atom stereocenters. The summed E-state index contributed by atoms with van der Waals surface area (Å²) in [5.74, 6) is 0. The van der Waals surface area contributed by atoms with Crippen LogP contribution in [0.5, 0.6) is 0 Å². The molecule has 0 aliphatic rings. The van der Waals surface area contributed by atoms with Gasteiger partial charge in [-0.2, -0.15) is 10.5 Å². The summed E-state index contributed by atoms with van der Waals surface area (Å²) in [4.78, 5) is 2.73. The lowest BCUT2D eigenvalue weighted by Crippen LogP contribution is -2.41. The maximum atomic E-state index is 9.67. The third-order valence-corrected chi connectivity index (χ3v) is 6.72. The highest BCUT2D eigenvalue weighted by atomic mass is 32.1. The average molecular weight is 502 g/mol. The Morgan fingerprint density at radius 2 is 1.81 bits per heavy atom. The minimum absolute atomic E-state index is 0.269. The molecule has 0 radical (unpaired) electrons. The maximum Gasteiger partial charge on any atom is 0.158 e. The molecular formula is C28H31N5O2S. The Morgan fingerprint density at radius 1 is 1.08 bits per heavy atom. The Balaban J connectivity index is 1.88. The van der Waals surface area contributed by atoms with Gasteiger partial charge in [0.1, 0.15) is 17.0 Å². The van der Waals surface area contributed by atoms with Gasteiger partial charge in [0.2, 0.25) is 0 Å². The number of nitriles is 2. The zero-order chi connectivity index (χ0) is 26.3. The van der Waals surface area contributed by atoms with E-state index in [1.165, 1.54) is 16.9 Å². The van der Waals surface area contributed by atoms with Crippen LogP contribution in [-0.2, 0) is 11.3 Å². The number of hydrogen-bond acceptors (Lipinski definition) is 8. The van der Waals surface area contributed by atoms with Gasteiger partial charge in [-0.05, 0) is 69.5 Å². The van der Waals surface area contributed by atoms with Gasteiger partial charge in [-0.1, -0.05) is 30.3 Å². The van der Waals surface area contributed by atoms with Crippen LogP contribution in [0, 0.1) is 36.5 Å². The topological polar surface area (TPSA) is 105 Å². The van der Waals surface area contributed by atoms with Gasteiger partial charge in [-0.25, -0.2) is 0 Å². The first kappa shape index (κ1) is 27.0. The highest BCUT2D eigenvalue weighted by Crippen LogP contribution is 2.36. The smallest absolute Gasteiger partial charge is 0.158 e. The number of rotatable bonds is 10. The Hall–Kier alpha value is -3.56. The lowest BCUT2D eigenvalue weighted by atomic mass is 10.1. The SMILES string of the molecule is Cc1cc(N(Cc2ccccc2)CC(C)(C)OCC(C)O)ccc1N=Nc1sc(C#N)c(C)c1C#N. The second kappa shape index (κ2) is 11.9. The normalized spacial score (nSPS) is 12.3. The van der Waals surface area contributed by atoms with E-state index < -0.39 is 11.7 Å². The summed E-state index contributed by atoms with van der Waals surface area (Å²) in [7, 11) is 0. The van der Waals surface area contributed by atoms with Crippen LogP contribution in [0.15, 0.2) is 58.8 Å². The summed E-state index contributed by atoms with van der Waals surface area (Å²) in [6.45, 7) is 11.1. The number of ether oxygens (including phenoxy) is 1. The summed E-state index contributed by atoms with van der Waals surface area (Å²) in [5, 5.41) is 37.5. The van der Waals surface area contributed by atoms with Gasteiger partial charge >= 0.3 is 0 Å². The van der Waals surface area contributed by atoms with Gasteiger partial charge in [0.25, 0.3) is 0 Å². The molecule has 0 amide bonds. The van der Waals surface area contributed by atoms with Crippen molar-refractivity contribution >= 4 is 27.7 Å². The van der Waals surface area contributed by atoms with Crippen molar-refractivity contribution < 1.29 is 9.84 Å². The fraction of sp³-hybridized carbons (Fsp3) is 0.357. The zero-order valence-corrected chi connectivity index (χ0v) is 22.1. The molecule has 0 aliphatic heterocycles. The minimum Gasteiger partial charge on any atom is -0.391 e.